The SMILES string of the molecule is O=C(NC(Cc1coc2ccccc12)B(O)O)C(=O)N1CCCC(F)(F)C1. The number of likely N-dealkylation sites (tertiary alicyclic amines) is 1. The number of nitrogens with one attached hydrogen (secondary N) is 1. The molecule has 0 radical (unpaired) electrons. The first-order valence-electron chi connectivity index (χ1n) is 8.56. The van der Waals surface area contributed by atoms with Crippen LogP contribution in [-0.2, 0) is 16.0 Å². The van der Waals surface area contributed by atoms with Gasteiger partial charge in [0.05, 0.1) is 18.7 Å². The Labute approximate surface area is 154 Å². The van der Waals surface area contributed by atoms with Crippen molar-refractivity contribution < 1.29 is 32.8 Å². The predicted molar refractivity (Wildman–Crippen MR) is 92.8 cm³/mol. The van der Waals surface area contributed by atoms with Crippen LogP contribution < -0.4 is 5.32 Å². The van der Waals surface area contributed by atoms with Gasteiger partial charge in [-0.25, -0.2) is 8.78 Å². The number of amides is 2. The van der Waals surface area contributed by atoms with Gasteiger partial charge < -0.3 is 24.7 Å². The van der Waals surface area contributed by atoms with E-state index in [0.29, 0.717) is 11.1 Å². The molecule has 1 saturated heterocycles. The van der Waals surface area contributed by atoms with Crippen molar-refractivity contribution in [2.24, 2.45) is 0 Å². The Bertz CT molecular complexity index is 842. The van der Waals surface area contributed by atoms with Gasteiger partial charge in [-0.05, 0) is 24.5 Å². The zero-order chi connectivity index (χ0) is 19.6. The van der Waals surface area contributed by atoms with Crippen LogP contribution in [0.5, 0.6) is 0 Å². The molecular formula is C17H19BF2N2O5. The molecule has 0 spiro atoms. The fourth-order valence-electron chi connectivity index (χ4n) is 3.17. The minimum Gasteiger partial charge on any atom is -0.464 e. The van der Waals surface area contributed by atoms with Gasteiger partial charge in [-0.2, -0.15) is 0 Å². The summed E-state index contributed by atoms with van der Waals surface area (Å²) in [7, 11) is -1.95. The van der Waals surface area contributed by atoms with Crippen molar-refractivity contribution in [3.05, 3.63) is 36.1 Å². The van der Waals surface area contributed by atoms with Crippen molar-refractivity contribution in [1.82, 2.24) is 10.2 Å². The van der Waals surface area contributed by atoms with Crippen LogP contribution in [0.25, 0.3) is 11.0 Å². The van der Waals surface area contributed by atoms with Gasteiger partial charge >= 0.3 is 18.9 Å². The van der Waals surface area contributed by atoms with E-state index in [0.717, 1.165) is 10.3 Å². The fraction of sp³-hybridized carbons (Fsp3) is 0.412. The second-order valence-corrected chi connectivity index (χ2v) is 6.64. The minimum atomic E-state index is -3.03. The Morgan fingerprint density at radius 3 is 2.78 bits per heavy atom. The topological polar surface area (TPSA) is 103 Å². The molecule has 144 valence electrons. The van der Waals surface area contributed by atoms with Crippen LogP contribution in [-0.4, -0.2) is 58.8 Å². The fourth-order valence-corrected chi connectivity index (χ4v) is 3.17. The molecule has 2 amide bonds. The van der Waals surface area contributed by atoms with Gasteiger partial charge in [-0.3, -0.25) is 9.59 Å². The number of para-hydroxylation sites is 1. The number of halogens is 2. The van der Waals surface area contributed by atoms with Crippen molar-refractivity contribution in [2.75, 3.05) is 13.1 Å². The van der Waals surface area contributed by atoms with Gasteiger partial charge in [-0.1, -0.05) is 18.2 Å². The average molecular weight is 380 g/mol. The molecular weight excluding hydrogens is 361 g/mol. The summed E-state index contributed by atoms with van der Waals surface area (Å²) in [5, 5.41) is 22.1. The Kier molecular flexibility index (Phi) is 5.47. The standard InChI is InChI=1S/C17H19BF2N2O5/c19-17(20)6-3-7-22(10-17)16(24)15(23)21-14(18(25)26)8-11-9-27-13-5-2-1-4-12(11)13/h1-2,4-5,9,14,25-26H,3,6-8,10H2,(H,21,23). The quantitative estimate of drug-likeness (QED) is 0.536. The first-order chi connectivity index (χ1) is 12.8. The summed E-state index contributed by atoms with van der Waals surface area (Å²) in [6.07, 6.45) is 1.19. The van der Waals surface area contributed by atoms with Crippen LogP contribution in [0, 0.1) is 0 Å². The monoisotopic (exact) mass is 380 g/mol. The molecule has 0 saturated carbocycles. The third-order valence-electron chi connectivity index (χ3n) is 4.55. The number of piperidine rings is 1. The molecule has 1 aromatic carbocycles. The molecule has 1 fully saturated rings. The number of alkyl halides is 2. The van der Waals surface area contributed by atoms with Crippen molar-refractivity contribution in [3.8, 4) is 0 Å². The molecule has 2 heterocycles. The van der Waals surface area contributed by atoms with Crippen LogP contribution in [0.1, 0.15) is 18.4 Å². The number of fused-ring (bicyclic) bond motifs is 1. The predicted octanol–water partition coefficient (Wildman–Crippen LogP) is 0.730. The van der Waals surface area contributed by atoms with Gasteiger partial charge in [0.25, 0.3) is 5.92 Å². The van der Waals surface area contributed by atoms with E-state index >= 15 is 0 Å². The summed E-state index contributed by atoms with van der Waals surface area (Å²) in [6.45, 7) is -0.765. The maximum absolute atomic E-state index is 13.5. The number of hydrogen-bond donors (Lipinski definition) is 3. The molecule has 1 unspecified atom stereocenters. The van der Waals surface area contributed by atoms with Crippen molar-refractivity contribution in [2.45, 2.75) is 31.1 Å². The highest BCUT2D eigenvalue weighted by Crippen LogP contribution is 2.26. The molecule has 1 aliphatic heterocycles. The van der Waals surface area contributed by atoms with Gasteiger partial charge in [0.2, 0.25) is 0 Å². The van der Waals surface area contributed by atoms with Gasteiger partial charge in [0, 0.05) is 18.4 Å². The Balaban J connectivity index is 1.68. The molecule has 2 aromatic rings. The van der Waals surface area contributed by atoms with E-state index in [1.54, 1.807) is 24.3 Å². The number of nitrogens with zero attached hydrogens (tertiary/aromatic N) is 1. The number of furan rings is 1. The number of carbonyl (C=O) groups is 2. The minimum absolute atomic E-state index is 0.0101. The van der Waals surface area contributed by atoms with Crippen LogP contribution >= 0.6 is 0 Å². The average Bonchev–Trinajstić information content (AvgIpc) is 3.02. The van der Waals surface area contributed by atoms with Crippen molar-refractivity contribution in [1.29, 1.82) is 0 Å². The van der Waals surface area contributed by atoms with Crippen LogP contribution in [0.4, 0.5) is 8.78 Å². The van der Waals surface area contributed by atoms with Crippen LogP contribution in [0.3, 0.4) is 0 Å². The highest BCUT2D eigenvalue weighted by Gasteiger charge is 2.39. The lowest BCUT2D eigenvalue weighted by Crippen LogP contribution is -2.55. The lowest BCUT2D eigenvalue weighted by molar-refractivity contribution is -0.152. The third-order valence-corrected chi connectivity index (χ3v) is 4.55. The van der Waals surface area contributed by atoms with E-state index in [9.17, 15) is 28.4 Å². The Hall–Kier alpha value is -2.46. The first-order valence-corrected chi connectivity index (χ1v) is 8.56. The summed E-state index contributed by atoms with van der Waals surface area (Å²) in [5.74, 6) is -6.50. The smallest absolute Gasteiger partial charge is 0.464 e. The largest absolute Gasteiger partial charge is 0.475 e. The number of carbonyl (C=O) groups excluding carboxylic acids is 2. The molecule has 10 heteroatoms. The zero-order valence-electron chi connectivity index (χ0n) is 14.4. The summed E-state index contributed by atoms with van der Waals surface area (Å²) in [5.41, 5.74) is 1.21. The summed E-state index contributed by atoms with van der Waals surface area (Å²) in [4.78, 5) is 25.1. The summed E-state index contributed by atoms with van der Waals surface area (Å²) >= 11 is 0. The van der Waals surface area contributed by atoms with E-state index in [2.05, 4.69) is 5.32 Å². The van der Waals surface area contributed by atoms with Gasteiger partial charge in [0.15, 0.2) is 0 Å². The third kappa shape index (κ3) is 4.45. The highest BCUT2D eigenvalue weighted by atomic mass is 19.3. The summed E-state index contributed by atoms with van der Waals surface area (Å²) in [6, 6.07) is 7.08. The molecule has 0 aliphatic carbocycles. The van der Waals surface area contributed by atoms with E-state index in [1.807, 2.05) is 0 Å². The Morgan fingerprint density at radius 2 is 2.07 bits per heavy atom. The maximum atomic E-state index is 13.5. The van der Waals surface area contributed by atoms with Crippen LogP contribution in [0.2, 0.25) is 0 Å². The Morgan fingerprint density at radius 1 is 1.33 bits per heavy atom. The lowest BCUT2D eigenvalue weighted by atomic mass is 9.76. The van der Waals surface area contributed by atoms with E-state index in [1.165, 1.54) is 6.26 Å². The van der Waals surface area contributed by atoms with Gasteiger partial charge in [0.1, 0.15) is 5.58 Å². The molecule has 27 heavy (non-hydrogen) atoms. The summed E-state index contributed by atoms with van der Waals surface area (Å²) < 4.78 is 32.3. The second-order valence-electron chi connectivity index (χ2n) is 6.64. The second kappa shape index (κ2) is 7.65. The van der Waals surface area contributed by atoms with Crippen molar-refractivity contribution in [3.63, 3.8) is 0 Å². The van der Waals surface area contributed by atoms with E-state index in [-0.39, 0.29) is 25.8 Å². The maximum Gasteiger partial charge on any atom is 0.475 e. The molecule has 0 bridgehead atoms. The molecule has 3 rings (SSSR count). The van der Waals surface area contributed by atoms with Crippen LogP contribution in [0.15, 0.2) is 34.9 Å². The first kappa shape index (κ1) is 19.3. The number of hydrogen-bond acceptors (Lipinski definition) is 5. The normalized spacial score (nSPS) is 17.6. The number of benzene rings is 1. The van der Waals surface area contributed by atoms with Crippen molar-refractivity contribution >= 4 is 29.9 Å². The molecule has 1 aliphatic rings. The highest BCUT2D eigenvalue weighted by molar-refractivity contribution is 6.45. The van der Waals surface area contributed by atoms with Gasteiger partial charge in [-0.15, -0.1) is 0 Å². The van der Waals surface area contributed by atoms with E-state index < -0.39 is 37.3 Å². The lowest BCUT2D eigenvalue weighted by Gasteiger charge is -2.32. The molecule has 7 nitrogen and oxygen atoms in total. The number of rotatable bonds is 4. The molecule has 1 atom stereocenters. The molecule has 3 N–H and O–H groups in total. The zero-order valence-corrected chi connectivity index (χ0v) is 14.4. The molecule has 1 aromatic heterocycles. The van der Waals surface area contributed by atoms with E-state index in [4.69, 9.17) is 4.42 Å².